The number of hydrogen-bond acceptors (Lipinski definition) is 4. The molecule has 158 valence electrons. The van der Waals surface area contributed by atoms with E-state index in [1.165, 1.54) is 5.57 Å². The molecule has 3 heterocycles. The van der Waals surface area contributed by atoms with Gasteiger partial charge >= 0.3 is 0 Å². The van der Waals surface area contributed by atoms with Crippen LogP contribution in [0.2, 0.25) is 0 Å². The van der Waals surface area contributed by atoms with E-state index in [0.717, 1.165) is 50.3 Å². The molecule has 2 fully saturated rings. The minimum absolute atomic E-state index is 0. The Balaban J connectivity index is 0.00000300. The first kappa shape index (κ1) is 23.3. The van der Waals surface area contributed by atoms with Crippen LogP contribution in [0.3, 0.4) is 0 Å². The molecule has 0 aliphatic carbocycles. The predicted octanol–water partition coefficient (Wildman–Crippen LogP) is 4.09. The first-order valence-corrected chi connectivity index (χ1v) is 10.0. The monoisotopic (exact) mass is 417 g/mol. The number of piperidine rings is 1. The van der Waals surface area contributed by atoms with Gasteiger partial charge in [-0.1, -0.05) is 31.4 Å². The molecule has 2 aliphatic heterocycles. The molecule has 3 rings (SSSR count). The van der Waals surface area contributed by atoms with Crippen LogP contribution in [0, 0.1) is 6.92 Å². The Morgan fingerprint density at radius 3 is 2.66 bits per heavy atom. The minimum Gasteiger partial charge on any atom is -0.360 e. The van der Waals surface area contributed by atoms with Crippen molar-refractivity contribution in [2.45, 2.75) is 44.8 Å². The summed E-state index contributed by atoms with van der Waals surface area (Å²) in [4.78, 5) is 21.4. The van der Waals surface area contributed by atoms with Crippen molar-refractivity contribution in [1.82, 2.24) is 9.88 Å². The van der Waals surface area contributed by atoms with Crippen LogP contribution in [0.25, 0.3) is 0 Å². The fraction of sp³-hybridized carbons (Fsp3) is 0.478. The van der Waals surface area contributed by atoms with E-state index in [1.54, 1.807) is 6.20 Å². The van der Waals surface area contributed by atoms with Crippen molar-refractivity contribution in [2.75, 3.05) is 31.1 Å². The smallest absolute Gasteiger partial charge is 0.255 e. The molecule has 1 aromatic heterocycles. The molecular weight excluding hydrogens is 386 g/mol. The van der Waals surface area contributed by atoms with Crippen LogP contribution in [-0.2, 0) is 9.53 Å². The maximum Gasteiger partial charge on any atom is 0.255 e. The Labute approximate surface area is 180 Å². The first-order valence-electron chi connectivity index (χ1n) is 10.0. The van der Waals surface area contributed by atoms with E-state index in [2.05, 4.69) is 23.0 Å². The van der Waals surface area contributed by atoms with E-state index >= 15 is 0 Å². The lowest BCUT2D eigenvalue weighted by Crippen LogP contribution is -2.61. The molecule has 1 spiro atoms. The molecule has 1 aromatic rings. The number of likely N-dealkylation sites (tertiary alicyclic amines) is 1. The van der Waals surface area contributed by atoms with E-state index < -0.39 is 6.10 Å². The summed E-state index contributed by atoms with van der Waals surface area (Å²) in [5, 5.41) is 0. The summed E-state index contributed by atoms with van der Waals surface area (Å²) in [6.45, 7) is 15.0. The molecule has 1 amide bonds. The lowest BCUT2D eigenvalue weighted by molar-refractivity contribution is -0.161. The van der Waals surface area contributed by atoms with Crippen LogP contribution in [0.15, 0.2) is 55.3 Å². The van der Waals surface area contributed by atoms with Gasteiger partial charge in [0, 0.05) is 25.3 Å². The Bertz CT molecular complexity index is 752. The number of carbonyl (C=O) groups excluding carboxylic acids is 1. The second kappa shape index (κ2) is 10.2. The van der Waals surface area contributed by atoms with Crippen LogP contribution in [-0.4, -0.2) is 53.7 Å². The number of nitrogens with zero attached hydrogens (tertiary/aromatic N) is 3. The fourth-order valence-electron chi connectivity index (χ4n) is 4.04. The lowest BCUT2D eigenvalue weighted by Gasteiger charge is -2.49. The summed E-state index contributed by atoms with van der Waals surface area (Å²) in [6, 6.07) is 3.93. The Hall–Kier alpha value is -1.95. The number of morpholine rings is 1. The standard InChI is InChI=1S/C23H31N3O2.ClH/c1-5-7-20(6-2)10-13-25-14-11-23(12-15-25)17-26(22(27)19(4)28-23)21-9-8-18(3)24-16-21;/h5-9,16,19H,1-2,10-15,17H2,3-4H3;1H/b20-7+;. The molecule has 5 nitrogen and oxygen atoms in total. The van der Waals surface area contributed by atoms with Gasteiger partial charge in [-0.25, -0.2) is 0 Å². The molecular formula is C23H32ClN3O2. The zero-order valence-electron chi connectivity index (χ0n) is 17.5. The maximum atomic E-state index is 12.7. The third kappa shape index (κ3) is 5.56. The van der Waals surface area contributed by atoms with Gasteiger partial charge in [0.2, 0.25) is 0 Å². The molecule has 29 heavy (non-hydrogen) atoms. The molecule has 0 radical (unpaired) electrons. The quantitative estimate of drug-likeness (QED) is 0.654. The number of carbonyl (C=O) groups is 1. The van der Waals surface area contributed by atoms with Gasteiger partial charge in [0.15, 0.2) is 0 Å². The van der Waals surface area contributed by atoms with Crippen molar-refractivity contribution < 1.29 is 9.53 Å². The van der Waals surface area contributed by atoms with Gasteiger partial charge in [0.1, 0.15) is 6.10 Å². The van der Waals surface area contributed by atoms with Crippen molar-refractivity contribution in [2.24, 2.45) is 0 Å². The van der Waals surface area contributed by atoms with Crippen LogP contribution in [0.1, 0.15) is 31.9 Å². The Morgan fingerprint density at radius 2 is 2.07 bits per heavy atom. The summed E-state index contributed by atoms with van der Waals surface area (Å²) < 4.78 is 6.26. The van der Waals surface area contributed by atoms with Gasteiger partial charge in [-0.15, -0.1) is 12.4 Å². The van der Waals surface area contributed by atoms with Crippen LogP contribution in [0.4, 0.5) is 5.69 Å². The normalized spacial score (nSPS) is 22.3. The average Bonchev–Trinajstić information content (AvgIpc) is 2.70. The number of amides is 1. The maximum absolute atomic E-state index is 12.7. The zero-order chi connectivity index (χ0) is 20.1. The van der Waals surface area contributed by atoms with E-state index in [-0.39, 0.29) is 23.9 Å². The van der Waals surface area contributed by atoms with Crippen LogP contribution in [0.5, 0.6) is 0 Å². The molecule has 1 unspecified atom stereocenters. The predicted molar refractivity (Wildman–Crippen MR) is 121 cm³/mol. The molecule has 0 N–H and O–H groups in total. The zero-order valence-corrected chi connectivity index (χ0v) is 18.3. The number of ether oxygens (including phenoxy) is 1. The highest BCUT2D eigenvalue weighted by Gasteiger charge is 2.45. The van der Waals surface area contributed by atoms with Crippen molar-refractivity contribution >= 4 is 24.0 Å². The van der Waals surface area contributed by atoms with E-state index in [9.17, 15) is 4.79 Å². The van der Waals surface area contributed by atoms with Crippen molar-refractivity contribution in [3.05, 3.63) is 61.0 Å². The van der Waals surface area contributed by atoms with Gasteiger partial charge in [0.05, 0.1) is 24.0 Å². The number of hydrogen-bond donors (Lipinski definition) is 0. The lowest BCUT2D eigenvalue weighted by atomic mass is 9.88. The van der Waals surface area contributed by atoms with Crippen LogP contribution < -0.4 is 4.90 Å². The second-order valence-electron chi connectivity index (χ2n) is 7.80. The van der Waals surface area contributed by atoms with Crippen LogP contribution >= 0.6 is 12.4 Å². The number of aryl methyl sites for hydroxylation is 1. The molecule has 0 saturated carbocycles. The van der Waals surface area contributed by atoms with Gasteiger partial charge in [-0.3, -0.25) is 9.78 Å². The number of rotatable bonds is 6. The first-order chi connectivity index (χ1) is 13.5. The summed E-state index contributed by atoms with van der Waals surface area (Å²) in [5.74, 6) is 0.0175. The number of pyridine rings is 1. The second-order valence-corrected chi connectivity index (χ2v) is 7.80. The number of halogens is 1. The number of allylic oxidation sites excluding steroid dienone is 3. The summed E-state index contributed by atoms with van der Waals surface area (Å²) in [7, 11) is 0. The van der Waals surface area contributed by atoms with E-state index in [4.69, 9.17) is 4.74 Å². The fourth-order valence-corrected chi connectivity index (χ4v) is 4.04. The summed E-state index contributed by atoms with van der Waals surface area (Å²) in [5.41, 5.74) is 2.75. The van der Waals surface area contributed by atoms with E-state index in [0.29, 0.717) is 6.54 Å². The molecule has 2 aliphatic rings. The van der Waals surface area contributed by atoms with Gasteiger partial charge in [-0.05, 0) is 50.8 Å². The number of aromatic nitrogens is 1. The molecule has 1 atom stereocenters. The highest BCUT2D eigenvalue weighted by Crippen LogP contribution is 2.35. The van der Waals surface area contributed by atoms with Gasteiger partial charge in [-0.2, -0.15) is 0 Å². The third-order valence-corrected chi connectivity index (χ3v) is 5.77. The highest BCUT2D eigenvalue weighted by molar-refractivity contribution is 5.97. The van der Waals surface area contributed by atoms with E-state index in [1.807, 2.05) is 49.1 Å². The Morgan fingerprint density at radius 1 is 1.34 bits per heavy atom. The summed E-state index contributed by atoms with van der Waals surface area (Å²) in [6.07, 6.45) is 9.91. The van der Waals surface area contributed by atoms with Crippen molar-refractivity contribution in [3.63, 3.8) is 0 Å². The minimum atomic E-state index is -0.426. The van der Waals surface area contributed by atoms with Gasteiger partial charge in [0.25, 0.3) is 5.91 Å². The summed E-state index contributed by atoms with van der Waals surface area (Å²) >= 11 is 0. The average molecular weight is 418 g/mol. The van der Waals surface area contributed by atoms with Crippen molar-refractivity contribution in [3.8, 4) is 0 Å². The third-order valence-electron chi connectivity index (χ3n) is 5.77. The highest BCUT2D eigenvalue weighted by atomic mass is 35.5. The largest absolute Gasteiger partial charge is 0.360 e. The Kier molecular flexibility index (Phi) is 8.20. The topological polar surface area (TPSA) is 45.7 Å². The van der Waals surface area contributed by atoms with Crippen molar-refractivity contribution in [1.29, 1.82) is 0 Å². The van der Waals surface area contributed by atoms with Gasteiger partial charge < -0.3 is 14.5 Å². The molecule has 6 heteroatoms. The SMILES string of the molecule is C=C/C=C(\C=C)CCN1CCC2(CC1)CN(c1ccc(C)nc1)C(=O)C(C)O2.Cl. The number of anilines is 1. The molecule has 2 saturated heterocycles. The molecule has 0 aromatic carbocycles. The molecule has 0 bridgehead atoms.